The Morgan fingerprint density at radius 2 is 1.39 bits per heavy atom. The minimum absolute atomic E-state index is 0.107. The fourth-order valence-corrected chi connectivity index (χ4v) is 3.07. The van der Waals surface area contributed by atoms with Gasteiger partial charge >= 0.3 is 0 Å². The Morgan fingerprint density at radius 1 is 0.913 bits per heavy atom. The second-order valence-corrected chi connectivity index (χ2v) is 7.06. The molecule has 0 saturated heterocycles. The lowest BCUT2D eigenvalue weighted by Crippen LogP contribution is -2.27. The maximum absolute atomic E-state index is 11.4. The molecule has 0 spiro atoms. The molecule has 0 aromatic rings. The van der Waals surface area contributed by atoms with Crippen LogP contribution in [-0.2, 0) is 4.79 Å². The van der Waals surface area contributed by atoms with Crippen molar-refractivity contribution in [3.8, 4) is 0 Å². The number of carbonyl (C=O) groups excluding carboxylic acids is 1. The van der Waals surface area contributed by atoms with Crippen molar-refractivity contribution in [3.05, 3.63) is 12.2 Å². The molecule has 0 amide bonds. The molecule has 134 valence electrons. The zero-order valence-electron chi connectivity index (χ0n) is 15.3. The van der Waals surface area contributed by atoms with Crippen molar-refractivity contribution in [2.24, 2.45) is 11.7 Å². The summed E-state index contributed by atoms with van der Waals surface area (Å²) < 4.78 is 0. The quantitative estimate of drug-likeness (QED) is 0.209. The standard InChI is InChI=1S/C20H37NOS/c1-3-4-5-6-7-8-9-10-11-12-13-14-15-16-17-19(18(2)22)20(21)23/h10-11,19H,3-9,12-17H2,1-2H3,(H2,21,23)/b11-10-. The van der Waals surface area contributed by atoms with E-state index in [1.807, 2.05) is 0 Å². The third kappa shape index (κ3) is 14.6. The van der Waals surface area contributed by atoms with Crippen LogP contribution in [0.3, 0.4) is 0 Å². The van der Waals surface area contributed by atoms with E-state index in [0.29, 0.717) is 4.99 Å². The summed E-state index contributed by atoms with van der Waals surface area (Å²) in [5, 5.41) is 0. The van der Waals surface area contributed by atoms with E-state index in [-0.39, 0.29) is 11.7 Å². The molecule has 0 aromatic carbocycles. The maximum atomic E-state index is 11.4. The lowest BCUT2D eigenvalue weighted by atomic mass is 9.97. The molecule has 0 heterocycles. The van der Waals surface area contributed by atoms with Gasteiger partial charge in [0.2, 0.25) is 0 Å². The van der Waals surface area contributed by atoms with Crippen LogP contribution >= 0.6 is 12.2 Å². The topological polar surface area (TPSA) is 43.1 Å². The van der Waals surface area contributed by atoms with Crippen LogP contribution in [0.2, 0.25) is 0 Å². The predicted octanol–water partition coefficient (Wildman–Crippen LogP) is 6.13. The number of allylic oxidation sites excluding steroid dienone is 2. The summed E-state index contributed by atoms with van der Waals surface area (Å²) in [6.07, 6.45) is 20.8. The Morgan fingerprint density at radius 3 is 1.87 bits per heavy atom. The highest BCUT2D eigenvalue weighted by Gasteiger charge is 2.16. The van der Waals surface area contributed by atoms with Crippen LogP contribution in [0.5, 0.6) is 0 Å². The summed E-state index contributed by atoms with van der Waals surface area (Å²) in [4.78, 5) is 11.7. The van der Waals surface area contributed by atoms with Crippen LogP contribution in [-0.4, -0.2) is 10.8 Å². The first kappa shape index (κ1) is 22.3. The minimum Gasteiger partial charge on any atom is -0.393 e. The van der Waals surface area contributed by atoms with Gasteiger partial charge in [-0.3, -0.25) is 4.79 Å². The first-order chi connectivity index (χ1) is 11.1. The second kappa shape index (κ2) is 16.2. The SMILES string of the molecule is CCCCCCCC/C=C\CCCCCCC(C(C)=O)C(N)=S. The van der Waals surface area contributed by atoms with E-state index in [1.165, 1.54) is 64.2 Å². The van der Waals surface area contributed by atoms with Gasteiger partial charge in [0.1, 0.15) is 5.78 Å². The van der Waals surface area contributed by atoms with Crippen molar-refractivity contribution in [1.29, 1.82) is 0 Å². The number of unbranched alkanes of at least 4 members (excludes halogenated alkanes) is 10. The first-order valence-corrected chi connectivity index (χ1v) is 9.95. The average molecular weight is 340 g/mol. The number of thiocarbonyl (C=S) groups is 1. The molecule has 0 rings (SSSR count). The first-order valence-electron chi connectivity index (χ1n) is 9.54. The van der Waals surface area contributed by atoms with Crippen LogP contribution in [0.4, 0.5) is 0 Å². The maximum Gasteiger partial charge on any atom is 0.139 e. The molecule has 2 nitrogen and oxygen atoms in total. The zero-order valence-corrected chi connectivity index (χ0v) is 16.1. The highest BCUT2D eigenvalue weighted by Crippen LogP contribution is 2.14. The summed E-state index contributed by atoms with van der Waals surface area (Å²) >= 11 is 4.94. The summed E-state index contributed by atoms with van der Waals surface area (Å²) in [6, 6.07) is 0. The largest absolute Gasteiger partial charge is 0.393 e. The fourth-order valence-electron chi connectivity index (χ4n) is 2.79. The van der Waals surface area contributed by atoms with Crippen molar-refractivity contribution in [3.63, 3.8) is 0 Å². The molecule has 0 aliphatic carbocycles. The van der Waals surface area contributed by atoms with E-state index < -0.39 is 0 Å². The molecule has 2 N–H and O–H groups in total. The van der Waals surface area contributed by atoms with E-state index >= 15 is 0 Å². The molecule has 0 aromatic heterocycles. The summed E-state index contributed by atoms with van der Waals surface area (Å²) in [7, 11) is 0. The highest BCUT2D eigenvalue weighted by atomic mass is 32.1. The molecule has 3 heteroatoms. The van der Waals surface area contributed by atoms with Crippen molar-refractivity contribution in [2.75, 3.05) is 0 Å². The number of hydrogen-bond acceptors (Lipinski definition) is 2. The predicted molar refractivity (Wildman–Crippen MR) is 106 cm³/mol. The third-order valence-electron chi connectivity index (χ3n) is 4.34. The second-order valence-electron chi connectivity index (χ2n) is 6.59. The van der Waals surface area contributed by atoms with Gasteiger partial charge in [-0.15, -0.1) is 0 Å². The Balaban J connectivity index is 3.37. The van der Waals surface area contributed by atoms with Gasteiger partial charge in [-0.2, -0.15) is 0 Å². The molecular weight excluding hydrogens is 302 g/mol. The van der Waals surface area contributed by atoms with Crippen LogP contribution in [0.25, 0.3) is 0 Å². The number of hydrogen-bond donors (Lipinski definition) is 1. The van der Waals surface area contributed by atoms with E-state index in [4.69, 9.17) is 18.0 Å². The molecule has 0 aliphatic heterocycles. The monoisotopic (exact) mass is 339 g/mol. The molecule has 0 saturated carbocycles. The smallest absolute Gasteiger partial charge is 0.139 e. The molecule has 23 heavy (non-hydrogen) atoms. The number of ketones is 1. The van der Waals surface area contributed by atoms with E-state index in [2.05, 4.69) is 19.1 Å². The van der Waals surface area contributed by atoms with Crippen LogP contribution in [0.15, 0.2) is 12.2 Å². The van der Waals surface area contributed by atoms with Gasteiger partial charge in [0.05, 0.1) is 10.9 Å². The summed E-state index contributed by atoms with van der Waals surface area (Å²) in [6.45, 7) is 3.84. The van der Waals surface area contributed by atoms with Gasteiger partial charge in [-0.05, 0) is 39.0 Å². The Hall–Kier alpha value is -0.700. The fraction of sp³-hybridized carbons (Fsp3) is 0.800. The van der Waals surface area contributed by atoms with E-state index in [1.54, 1.807) is 6.92 Å². The Bertz CT molecular complexity index is 325. The van der Waals surface area contributed by atoms with Gasteiger partial charge in [0.25, 0.3) is 0 Å². The molecule has 0 bridgehead atoms. The number of nitrogens with two attached hydrogens (primary N) is 1. The minimum atomic E-state index is -0.206. The molecule has 1 atom stereocenters. The van der Waals surface area contributed by atoms with Crippen LogP contribution < -0.4 is 5.73 Å². The molecule has 1 unspecified atom stereocenters. The van der Waals surface area contributed by atoms with Crippen molar-refractivity contribution < 1.29 is 4.79 Å². The number of carbonyl (C=O) groups is 1. The average Bonchev–Trinajstić information content (AvgIpc) is 2.50. The van der Waals surface area contributed by atoms with Gasteiger partial charge in [0, 0.05) is 0 Å². The van der Waals surface area contributed by atoms with Gasteiger partial charge in [0.15, 0.2) is 0 Å². The van der Waals surface area contributed by atoms with E-state index in [0.717, 1.165) is 19.3 Å². The lowest BCUT2D eigenvalue weighted by molar-refractivity contribution is -0.119. The van der Waals surface area contributed by atoms with Crippen molar-refractivity contribution >= 4 is 23.0 Å². The Kier molecular flexibility index (Phi) is 15.7. The molecule has 0 radical (unpaired) electrons. The molecular formula is C20H37NOS. The van der Waals surface area contributed by atoms with Gasteiger partial charge in [-0.25, -0.2) is 0 Å². The normalized spacial score (nSPS) is 12.6. The van der Waals surface area contributed by atoms with Crippen LogP contribution in [0, 0.1) is 5.92 Å². The number of rotatable bonds is 16. The molecule has 0 aliphatic rings. The summed E-state index contributed by atoms with van der Waals surface area (Å²) in [5.41, 5.74) is 5.59. The lowest BCUT2D eigenvalue weighted by Gasteiger charge is -2.11. The third-order valence-corrected chi connectivity index (χ3v) is 4.62. The van der Waals surface area contributed by atoms with Crippen molar-refractivity contribution in [2.45, 2.75) is 97.3 Å². The summed E-state index contributed by atoms with van der Waals surface area (Å²) in [5.74, 6) is -0.0997. The van der Waals surface area contributed by atoms with Gasteiger partial charge < -0.3 is 5.73 Å². The van der Waals surface area contributed by atoms with Gasteiger partial charge in [-0.1, -0.05) is 82.7 Å². The highest BCUT2D eigenvalue weighted by molar-refractivity contribution is 7.80. The Labute approximate surface area is 149 Å². The number of Topliss-reactive ketones (excluding diaryl/α,β-unsaturated/α-hetero) is 1. The van der Waals surface area contributed by atoms with Crippen molar-refractivity contribution in [1.82, 2.24) is 0 Å². The molecule has 0 fully saturated rings. The van der Waals surface area contributed by atoms with E-state index in [9.17, 15) is 4.79 Å². The zero-order chi connectivity index (χ0) is 17.3. The van der Waals surface area contributed by atoms with Crippen LogP contribution in [0.1, 0.15) is 97.3 Å².